The van der Waals surface area contributed by atoms with Crippen LogP contribution in [0.3, 0.4) is 0 Å². The lowest BCUT2D eigenvalue weighted by molar-refractivity contribution is 0.145. The predicted molar refractivity (Wildman–Crippen MR) is 126 cm³/mol. The van der Waals surface area contributed by atoms with Crippen LogP contribution < -0.4 is 15.4 Å². The van der Waals surface area contributed by atoms with E-state index in [1.807, 2.05) is 50.2 Å². The number of fused-ring (bicyclic) bond motifs is 1. The summed E-state index contributed by atoms with van der Waals surface area (Å²) in [6, 6.07) is 16.2. The number of benzene rings is 2. The summed E-state index contributed by atoms with van der Waals surface area (Å²) in [5.74, 6) is 2.67. The van der Waals surface area contributed by atoms with E-state index >= 15 is 0 Å². The van der Waals surface area contributed by atoms with E-state index in [4.69, 9.17) is 14.5 Å². The lowest BCUT2D eigenvalue weighted by Gasteiger charge is -2.14. The van der Waals surface area contributed by atoms with Crippen LogP contribution in [-0.4, -0.2) is 48.9 Å². The minimum Gasteiger partial charge on any atom is -0.497 e. The molecule has 0 unspecified atom stereocenters. The van der Waals surface area contributed by atoms with Gasteiger partial charge in [-0.05, 0) is 50.1 Å². The smallest absolute Gasteiger partial charge is 0.191 e. The Balaban J connectivity index is 1.60. The SMILES string of the molecule is CCOCCCNC(=NCc1ccc(OC)cc1)NCCn1c(C)nc2ccccc21. The Bertz CT molecular complexity index is 966. The Hall–Kier alpha value is -3.06. The zero-order valence-electron chi connectivity index (χ0n) is 18.7. The van der Waals surface area contributed by atoms with Gasteiger partial charge in [-0.15, -0.1) is 0 Å². The van der Waals surface area contributed by atoms with Crippen molar-refractivity contribution in [3.05, 3.63) is 59.9 Å². The van der Waals surface area contributed by atoms with Gasteiger partial charge >= 0.3 is 0 Å². The first-order valence-electron chi connectivity index (χ1n) is 10.9. The Labute approximate surface area is 184 Å². The van der Waals surface area contributed by atoms with E-state index in [1.165, 1.54) is 0 Å². The number of hydrogen-bond acceptors (Lipinski definition) is 4. The molecule has 2 aromatic carbocycles. The maximum Gasteiger partial charge on any atom is 0.191 e. The largest absolute Gasteiger partial charge is 0.497 e. The maximum absolute atomic E-state index is 5.43. The zero-order chi connectivity index (χ0) is 21.9. The van der Waals surface area contributed by atoms with E-state index in [0.717, 1.165) is 73.4 Å². The van der Waals surface area contributed by atoms with Crippen LogP contribution in [0.1, 0.15) is 24.7 Å². The second-order valence-corrected chi connectivity index (χ2v) is 7.22. The van der Waals surface area contributed by atoms with Crippen molar-refractivity contribution in [3.8, 4) is 5.75 Å². The summed E-state index contributed by atoms with van der Waals surface area (Å²) in [4.78, 5) is 9.40. The second kappa shape index (κ2) is 12.0. The molecule has 166 valence electrons. The van der Waals surface area contributed by atoms with Crippen LogP contribution in [0.4, 0.5) is 0 Å². The van der Waals surface area contributed by atoms with Gasteiger partial charge in [-0.2, -0.15) is 0 Å². The third kappa shape index (κ3) is 6.72. The molecule has 2 N–H and O–H groups in total. The monoisotopic (exact) mass is 423 g/mol. The van der Waals surface area contributed by atoms with Crippen LogP contribution in [0.5, 0.6) is 5.75 Å². The first-order chi connectivity index (χ1) is 15.2. The van der Waals surface area contributed by atoms with Crippen molar-refractivity contribution < 1.29 is 9.47 Å². The topological polar surface area (TPSA) is 72.7 Å². The first-order valence-corrected chi connectivity index (χ1v) is 10.9. The third-order valence-electron chi connectivity index (χ3n) is 5.01. The highest BCUT2D eigenvalue weighted by Crippen LogP contribution is 2.15. The molecular formula is C24H33N5O2. The van der Waals surface area contributed by atoms with Crippen molar-refractivity contribution in [2.75, 3.05) is 33.4 Å². The molecule has 0 radical (unpaired) electrons. The molecule has 7 nitrogen and oxygen atoms in total. The number of aryl methyl sites for hydroxylation is 1. The van der Waals surface area contributed by atoms with Gasteiger partial charge in [-0.3, -0.25) is 0 Å². The molecule has 0 aliphatic rings. The summed E-state index contributed by atoms with van der Waals surface area (Å²) in [6.07, 6.45) is 0.933. The number of ether oxygens (including phenoxy) is 2. The molecule has 3 aromatic rings. The van der Waals surface area contributed by atoms with E-state index in [0.29, 0.717) is 6.54 Å². The fourth-order valence-electron chi connectivity index (χ4n) is 3.37. The number of hydrogen-bond donors (Lipinski definition) is 2. The Kier molecular flexibility index (Phi) is 8.72. The molecule has 0 amide bonds. The van der Waals surface area contributed by atoms with E-state index in [1.54, 1.807) is 7.11 Å². The Morgan fingerprint density at radius 3 is 2.61 bits per heavy atom. The van der Waals surface area contributed by atoms with Gasteiger partial charge in [-0.25, -0.2) is 9.98 Å². The Morgan fingerprint density at radius 2 is 1.84 bits per heavy atom. The second-order valence-electron chi connectivity index (χ2n) is 7.22. The van der Waals surface area contributed by atoms with Crippen molar-refractivity contribution in [2.45, 2.75) is 33.4 Å². The number of methoxy groups -OCH3 is 1. The van der Waals surface area contributed by atoms with Crippen LogP contribution in [0, 0.1) is 6.92 Å². The lowest BCUT2D eigenvalue weighted by atomic mass is 10.2. The van der Waals surface area contributed by atoms with Crippen LogP contribution in [0.2, 0.25) is 0 Å². The van der Waals surface area contributed by atoms with Crippen molar-refractivity contribution >= 4 is 17.0 Å². The minimum absolute atomic E-state index is 0.595. The predicted octanol–water partition coefficient (Wildman–Crippen LogP) is 3.52. The molecule has 0 aliphatic carbocycles. The average Bonchev–Trinajstić information content (AvgIpc) is 3.12. The lowest BCUT2D eigenvalue weighted by Crippen LogP contribution is -2.39. The molecule has 31 heavy (non-hydrogen) atoms. The zero-order valence-corrected chi connectivity index (χ0v) is 18.7. The quantitative estimate of drug-likeness (QED) is 0.280. The van der Waals surface area contributed by atoms with Gasteiger partial charge in [0, 0.05) is 32.8 Å². The molecule has 0 spiro atoms. The van der Waals surface area contributed by atoms with E-state index in [-0.39, 0.29) is 0 Å². The number of guanidine groups is 1. The number of para-hydroxylation sites is 2. The molecule has 0 aliphatic heterocycles. The molecule has 0 fully saturated rings. The van der Waals surface area contributed by atoms with Crippen LogP contribution in [0.15, 0.2) is 53.5 Å². The molecule has 3 rings (SSSR count). The molecule has 1 heterocycles. The molecule has 0 atom stereocenters. The fourth-order valence-corrected chi connectivity index (χ4v) is 3.37. The normalized spacial score (nSPS) is 11.6. The van der Waals surface area contributed by atoms with Crippen molar-refractivity contribution in [1.29, 1.82) is 0 Å². The van der Waals surface area contributed by atoms with Gasteiger partial charge in [0.2, 0.25) is 0 Å². The fraction of sp³-hybridized carbons (Fsp3) is 0.417. The van der Waals surface area contributed by atoms with E-state index in [9.17, 15) is 0 Å². The van der Waals surface area contributed by atoms with Gasteiger partial charge in [0.15, 0.2) is 5.96 Å². The standard InChI is InChI=1S/C24H33N5O2/c1-4-31-17-7-14-25-24(27-18-20-10-12-21(30-3)13-11-20)26-15-16-29-19(2)28-22-8-5-6-9-23(22)29/h5-6,8-13H,4,7,14-18H2,1-3H3,(H2,25,26,27). The van der Waals surface area contributed by atoms with E-state index in [2.05, 4.69) is 32.3 Å². The highest BCUT2D eigenvalue weighted by Gasteiger charge is 2.07. The summed E-state index contributed by atoms with van der Waals surface area (Å²) < 4.78 is 12.9. The van der Waals surface area contributed by atoms with Crippen molar-refractivity contribution in [1.82, 2.24) is 20.2 Å². The van der Waals surface area contributed by atoms with Gasteiger partial charge < -0.3 is 24.7 Å². The van der Waals surface area contributed by atoms with Crippen molar-refractivity contribution in [2.24, 2.45) is 4.99 Å². The number of nitrogens with zero attached hydrogens (tertiary/aromatic N) is 3. The van der Waals surface area contributed by atoms with Gasteiger partial charge in [0.25, 0.3) is 0 Å². The molecule has 0 saturated heterocycles. The van der Waals surface area contributed by atoms with Crippen molar-refractivity contribution in [3.63, 3.8) is 0 Å². The minimum atomic E-state index is 0.595. The van der Waals surface area contributed by atoms with Crippen LogP contribution >= 0.6 is 0 Å². The van der Waals surface area contributed by atoms with E-state index < -0.39 is 0 Å². The Morgan fingerprint density at radius 1 is 1.06 bits per heavy atom. The molecular weight excluding hydrogens is 390 g/mol. The highest BCUT2D eigenvalue weighted by molar-refractivity contribution is 5.80. The third-order valence-corrected chi connectivity index (χ3v) is 5.01. The van der Waals surface area contributed by atoms with Gasteiger partial charge in [-0.1, -0.05) is 24.3 Å². The van der Waals surface area contributed by atoms with Crippen LogP contribution in [0.25, 0.3) is 11.0 Å². The molecule has 0 saturated carbocycles. The average molecular weight is 424 g/mol. The number of imidazole rings is 1. The summed E-state index contributed by atoms with van der Waals surface area (Å²) >= 11 is 0. The van der Waals surface area contributed by atoms with Crippen LogP contribution in [-0.2, 0) is 17.8 Å². The number of aliphatic imine (C=N–C) groups is 1. The summed E-state index contributed by atoms with van der Waals surface area (Å²) in [5.41, 5.74) is 3.32. The first kappa shape index (κ1) is 22.6. The molecule has 7 heteroatoms. The molecule has 1 aromatic heterocycles. The van der Waals surface area contributed by atoms with Gasteiger partial charge in [0.1, 0.15) is 11.6 Å². The highest BCUT2D eigenvalue weighted by atomic mass is 16.5. The number of rotatable bonds is 11. The summed E-state index contributed by atoms with van der Waals surface area (Å²) in [7, 11) is 1.67. The van der Waals surface area contributed by atoms with Gasteiger partial charge in [0.05, 0.1) is 24.7 Å². The summed E-state index contributed by atoms with van der Waals surface area (Å²) in [5, 5.41) is 6.87. The number of aromatic nitrogens is 2. The maximum atomic E-state index is 5.43. The number of nitrogens with one attached hydrogen (secondary N) is 2. The molecule has 0 bridgehead atoms. The summed E-state index contributed by atoms with van der Waals surface area (Å²) in [6.45, 7) is 8.52.